The van der Waals surface area contributed by atoms with Crippen molar-refractivity contribution in [3.05, 3.63) is 41.5 Å². The number of nitrogens with one attached hydrogen (secondary N) is 1. The van der Waals surface area contributed by atoms with Gasteiger partial charge in [-0.05, 0) is 23.5 Å². The molecule has 1 heterocycles. The SMILES string of the molecule is C[C@H]1CN[C@H](CCO)/C1=C\c1ccccc1. The predicted octanol–water partition coefficient (Wildman–Crippen LogP) is 2.06. The number of aliphatic hydroxyl groups excluding tert-OH is 1. The molecule has 0 radical (unpaired) electrons. The molecule has 1 aliphatic rings. The summed E-state index contributed by atoms with van der Waals surface area (Å²) in [4.78, 5) is 0. The van der Waals surface area contributed by atoms with E-state index in [2.05, 4.69) is 42.6 Å². The van der Waals surface area contributed by atoms with E-state index in [4.69, 9.17) is 5.11 Å². The molecule has 0 bridgehead atoms. The Balaban J connectivity index is 2.20. The zero-order valence-electron chi connectivity index (χ0n) is 9.69. The van der Waals surface area contributed by atoms with Crippen LogP contribution in [0.1, 0.15) is 18.9 Å². The predicted molar refractivity (Wildman–Crippen MR) is 67.1 cm³/mol. The maximum Gasteiger partial charge on any atom is 0.0449 e. The van der Waals surface area contributed by atoms with Gasteiger partial charge in [-0.1, -0.05) is 43.3 Å². The molecule has 2 N–H and O–H groups in total. The summed E-state index contributed by atoms with van der Waals surface area (Å²) in [6.45, 7) is 3.50. The molecule has 0 spiro atoms. The summed E-state index contributed by atoms with van der Waals surface area (Å²) in [7, 11) is 0. The molecule has 0 saturated carbocycles. The maximum atomic E-state index is 9.03. The van der Waals surface area contributed by atoms with Crippen molar-refractivity contribution in [3.63, 3.8) is 0 Å². The molecule has 2 nitrogen and oxygen atoms in total. The smallest absolute Gasteiger partial charge is 0.0449 e. The van der Waals surface area contributed by atoms with Crippen LogP contribution in [-0.4, -0.2) is 24.3 Å². The fourth-order valence-corrected chi connectivity index (χ4v) is 2.28. The van der Waals surface area contributed by atoms with E-state index in [-0.39, 0.29) is 6.61 Å². The molecule has 1 aromatic carbocycles. The van der Waals surface area contributed by atoms with Crippen LogP contribution in [0.2, 0.25) is 0 Å². The molecule has 1 saturated heterocycles. The Morgan fingerprint density at radius 1 is 1.38 bits per heavy atom. The molecule has 1 fully saturated rings. The van der Waals surface area contributed by atoms with Gasteiger partial charge in [-0.15, -0.1) is 0 Å². The minimum Gasteiger partial charge on any atom is -0.396 e. The fourth-order valence-electron chi connectivity index (χ4n) is 2.28. The lowest BCUT2D eigenvalue weighted by molar-refractivity contribution is 0.277. The van der Waals surface area contributed by atoms with Crippen LogP contribution in [-0.2, 0) is 0 Å². The van der Waals surface area contributed by atoms with Crippen LogP contribution in [0.25, 0.3) is 6.08 Å². The first kappa shape index (κ1) is 11.4. The summed E-state index contributed by atoms with van der Waals surface area (Å²) >= 11 is 0. The molecule has 1 aromatic rings. The molecular formula is C14H19NO. The number of rotatable bonds is 3. The first-order valence-electron chi connectivity index (χ1n) is 5.92. The lowest BCUT2D eigenvalue weighted by Gasteiger charge is -2.12. The zero-order chi connectivity index (χ0) is 11.4. The third-order valence-corrected chi connectivity index (χ3v) is 3.19. The molecule has 16 heavy (non-hydrogen) atoms. The Morgan fingerprint density at radius 3 is 2.81 bits per heavy atom. The summed E-state index contributed by atoms with van der Waals surface area (Å²) < 4.78 is 0. The minimum absolute atomic E-state index is 0.247. The largest absolute Gasteiger partial charge is 0.396 e. The third kappa shape index (κ3) is 2.52. The van der Waals surface area contributed by atoms with Gasteiger partial charge in [0.2, 0.25) is 0 Å². The highest BCUT2D eigenvalue weighted by molar-refractivity contribution is 5.55. The maximum absolute atomic E-state index is 9.03. The van der Waals surface area contributed by atoms with Crippen LogP contribution in [0.4, 0.5) is 0 Å². The summed E-state index contributed by atoms with van der Waals surface area (Å²) in [5, 5.41) is 12.5. The van der Waals surface area contributed by atoms with Gasteiger partial charge in [0.25, 0.3) is 0 Å². The Kier molecular flexibility index (Phi) is 3.75. The lowest BCUT2D eigenvalue weighted by Crippen LogP contribution is -2.23. The Hall–Kier alpha value is -1.12. The van der Waals surface area contributed by atoms with Crippen molar-refractivity contribution in [1.29, 1.82) is 0 Å². The molecule has 0 unspecified atom stereocenters. The third-order valence-electron chi connectivity index (χ3n) is 3.19. The van der Waals surface area contributed by atoms with Gasteiger partial charge >= 0.3 is 0 Å². The molecule has 0 aliphatic carbocycles. The van der Waals surface area contributed by atoms with E-state index >= 15 is 0 Å². The second-order valence-electron chi connectivity index (χ2n) is 4.43. The van der Waals surface area contributed by atoms with Crippen molar-refractivity contribution in [2.45, 2.75) is 19.4 Å². The van der Waals surface area contributed by atoms with E-state index in [9.17, 15) is 0 Å². The first-order valence-corrected chi connectivity index (χ1v) is 5.92. The van der Waals surface area contributed by atoms with E-state index in [1.165, 1.54) is 11.1 Å². The molecule has 86 valence electrons. The van der Waals surface area contributed by atoms with Gasteiger partial charge in [0.05, 0.1) is 0 Å². The zero-order valence-corrected chi connectivity index (χ0v) is 9.69. The van der Waals surface area contributed by atoms with Gasteiger partial charge in [0.1, 0.15) is 0 Å². The van der Waals surface area contributed by atoms with Crippen LogP contribution in [0.3, 0.4) is 0 Å². The van der Waals surface area contributed by atoms with Crippen LogP contribution >= 0.6 is 0 Å². The van der Waals surface area contributed by atoms with Crippen molar-refractivity contribution in [2.24, 2.45) is 5.92 Å². The van der Waals surface area contributed by atoms with Gasteiger partial charge in [-0.3, -0.25) is 0 Å². The van der Waals surface area contributed by atoms with Crippen molar-refractivity contribution >= 4 is 6.08 Å². The van der Waals surface area contributed by atoms with Crippen LogP contribution < -0.4 is 5.32 Å². The standard InChI is InChI=1S/C14H19NO/c1-11-10-15-14(7-8-16)13(11)9-12-5-3-2-4-6-12/h2-6,9,11,14-16H,7-8,10H2,1H3/b13-9-/t11-,14+/m0/s1. The highest BCUT2D eigenvalue weighted by Gasteiger charge is 2.25. The average molecular weight is 217 g/mol. The van der Waals surface area contributed by atoms with E-state index in [1.54, 1.807) is 0 Å². The normalized spacial score (nSPS) is 27.5. The van der Waals surface area contributed by atoms with E-state index in [1.807, 2.05) is 6.07 Å². The molecule has 2 atom stereocenters. The highest BCUT2D eigenvalue weighted by Crippen LogP contribution is 2.25. The van der Waals surface area contributed by atoms with Crippen LogP contribution in [0.5, 0.6) is 0 Å². The van der Waals surface area contributed by atoms with Gasteiger partial charge in [-0.25, -0.2) is 0 Å². The van der Waals surface area contributed by atoms with Crippen molar-refractivity contribution in [1.82, 2.24) is 5.32 Å². The van der Waals surface area contributed by atoms with Crippen LogP contribution in [0.15, 0.2) is 35.9 Å². The second-order valence-corrected chi connectivity index (χ2v) is 4.43. The van der Waals surface area contributed by atoms with Gasteiger partial charge in [-0.2, -0.15) is 0 Å². The molecule has 0 aromatic heterocycles. The molecule has 0 amide bonds. The Morgan fingerprint density at radius 2 is 2.12 bits per heavy atom. The highest BCUT2D eigenvalue weighted by atomic mass is 16.3. The summed E-state index contributed by atoms with van der Waals surface area (Å²) in [6, 6.07) is 10.7. The number of hydrogen-bond acceptors (Lipinski definition) is 2. The fraction of sp³-hybridized carbons (Fsp3) is 0.429. The Labute approximate surface area is 97.0 Å². The number of aliphatic hydroxyl groups is 1. The Bertz CT molecular complexity index is 356. The topological polar surface area (TPSA) is 32.3 Å². The first-order chi connectivity index (χ1) is 7.81. The molecular weight excluding hydrogens is 198 g/mol. The quantitative estimate of drug-likeness (QED) is 0.812. The molecule has 1 aliphatic heterocycles. The van der Waals surface area contributed by atoms with E-state index in [0.29, 0.717) is 12.0 Å². The summed E-state index contributed by atoms with van der Waals surface area (Å²) in [5.41, 5.74) is 2.66. The van der Waals surface area contributed by atoms with Gasteiger partial charge < -0.3 is 10.4 Å². The van der Waals surface area contributed by atoms with Gasteiger partial charge in [0.15, 0.2) is 0 Å². The van der Waals surface area contributed by atoms with E-state index < -0.39 is 0 Å². The van der Waals surface area contributed by atoms with Crippen molar-refractivity contribution in [2.75, 3.05) is 13.2 Å². The average Bonchev–Trinajstić information content (AvgIpc) is 2.64. The van der Waals surface area contributed by atoms with Gasteiger partial charge in [0, 0.05) is 19.2 Å². The lowest BCUT2D eigenvalue weighted by atomic mass is 9.95. The summed E-state index contributed by atoms with van der Waals surface area (Å²) in [6.07, 6.45) is 3.06. The van der Waals surface area contributed by atoms with Crippen molar-refractivity contribution < 1.29 is 5.11 Å². The molecule has 2 rings (SSSR count). The van der Waals surface area contributed by atoms with Crippen molar-refractivity contribution in [3.8, 4) is 0 Å². The number of hydrogen-bond donors (Lipinski definition) is 2. The molecule has 2 heteroatoms. The summed E-state index contributed by atoms with van der Waals surface area (Å²) in [5.74, 6) is 0.566. The second kappa shape index (κ2) is 5.28. The van der Waals surface area contributed by atoms with Crippen LogP contribution in [0, 0.1) is 5.92 Å². The number of benzene rings is 1. The monoisotopic (exact) mass is 217 g/mol. The van der Waals surface area contributed by atoms with E-state index in [0.717, 1.165) is 13.0 Å². The minimum atomic E-state index is 0.247.